The van der Waals surface area contributed by atoms with E-state index >= 15 is 0 Å². The van der Waals surface area contributed by atoms with Gasteiger partial charge in [-0.15, -0.1) is 0 Å². The van der Waals surface area contributed by atoms with Crippen molar-refractivity contribution in [3.05, 3.63) is 108 Å². The molecule has 3 aromatic heterocycles. The number of thiophene rings is 1. The fourth-order valence-corrected chi connectivity index (χ4v) is 5.75. The molecular formula is C26H21N3O3S2. The van der Waals surface area contributed by atoms with E-state index in [1.165, 1.54) is 11.3 Å². The van der Waals surface area contributed by atoms with E-state index < -0.39 is 12.0 Å². The first-order chi connectivity index (χ1) is 16.6. The number of ether oxygens (including phenoxy) is 1. The first-order valence-corrected chi connectivity index (χ1v) is 12.5. The van der Waals surface area contributed by atoms with Crippen molar-refractivity contribution >= 4 is 34.7 Å². The Hall–Kier alpha value is -3.62. The smallest absolute Gasteiger partial charge is 0.338 e. The number of hydrogen-bond donors (Lipinski definition) is 0. The standard InChI is InChI=1S/C26H21N3O3S2/c1-3-32-25(31)22-16(2)28-26-29(24(30)21(34-26)13-17-7-10-27-11-8-17)23(22)19-6-4-5-18(14-19)20-9-12-33-15-20/h4-15,23H,3H2,1-2H3/b21-13-. The zero-order valence-electron chi connectivity index (χ0n) is 18.6. The first-order valence-electron chi connectivity index (χ1n) is 10.8. The van der Waals surface area contributed by atoms with Crippen LogP contribution in [-0.2, 0) is 9.53 Å². The van der Waals surface area contributed by atoms with E-state index in [0.29, 0.717) is 20.6 Å². The van der Waals surface area contributed by atoms with Crippen LogP contribution in [-0.4, -0.2) is 22.1 Å². The van der Waals surface area contributed by atoms with Crippen molar-refractivity contribution in [2.75, 3.05) is 6.61 Å². The monoisotopic (exact) mass is 487 g/mol. The third kappa shape index (κ3) is 4.06. The Labute approximate surface area is 203 Å². The van der Waals surface area contributed by atoms with Crippen LogP contribution in [0.25, 0.3) is 17.2 Å². The van der Waals surface area contributed by atoms with Crippen LogP contribution in [0.15, 0.2) is 86.7 Å². The number of esters is 1. The van der Waals surface area contributed by atoms with Gasteiger partial charge in [0.05, 0.1) is 28.5 Å². The average Bonchev–Trinajstić information content (AvgIpc) is 3.48. The fraction of sp³-hybridized carbons (Fsp3) is 0.154. The van der Waals surface area contributed by atoms with Gasteiger partial charge >= 0.3 is 5.97 Å². The second-order valence-electron chi connectivity index (χ2n) is 7.72. The van der Waals surface area contributed by atoms with Gasteiger partial charge in [0.1, 0.15) is 0 Å². The molecule has 0 bridgehead atoms. The molecule has 0 amide bonds. The molecule has 4 aromatic rings. The lowest BCUT2D eigenvalue weighted by Gasteiger charge is -2.25. The second kappa shape index (κ2) is 9.32. The van der Waals surface area contributed by atoms with Gasteiger partial charge < -0.3 is 4.74 Å². The molecule has 0 saturated heterocycles. The highest BCUT2D eigenvalue weighted by Gasteiger charge is 2.33. The summed E-state index contributed by atoms with van der Waals surface area (Å²) in [5.74, 6) is -0.460. The van der Waals surface area contributed by atoms with Gasteiger partial charge in [0.2, 0.25) is 0 Å². The van der Waals surface area contributed by atoms with Crippen LogP contribution in [0.2, 0.25) is 0 Å². The third-order valence-electron chi connectivity index (χ3n) is 5.58. The zero-order chi connectivity index (χ0) is 23.7. The Balaban J connectivity index is 1.74. The quantitative estimate of drug-likeness (QED) is 0.400. The van der Waals surface area contributed by atoms with Gasteiger partial charge in [0.15, 0.2) is 4.80 Å². The van der Waals surface area contributed by atoms with Crippen molar-refractivity contribution in [3.63, 3.8) is 0 Å². The number of carbonyl (C=O) groups is 1. The minimum absolute atomic E-state index is 0.194. The highest BCUT2D eigenvalue weighted by Crippen LogP contribution is 2.33. The summed E-state index contributed by atoms with van der Waals surface area (Å²) in [6, 6.07) is 13.1. The Kier molecular flexibility index (Phi) is 6.08. The van der Waals surface area contributed by atoms with Gasteiger partial charge in [-0.3, -0.25) is 14.3 Å². The van der Waals surface area contributed by atoms with E-state index in [9.17, 15) is 9.59 Å². The summed E-state index contributed by atoms with van der Waals surface area (Å²) < 4.78 is 7.54. The largest absolute Gasteiger partial charge is 0.463 e. The minimum atomic E-state index is -0.631. The van der Waals surface area contributed by atoms with Gasteiger partial charge in [-0.25, -0.2) is 9.79 Å². The molecule has 170 valence electrons. The molecule has 4 heterocycles. The summed E-state index contributed by atoms with van der Waals surface area (Å²) in [6.07, 6.45) is 5.20. The Bertz CT molecular complexity index is 1570. The maximum Gasteiger partial charge on any atom is 0.338 e. The number of aromatic nitrogens is 2. The van der Waals surface area contributed by atoms with Crippen molar-refractivity contribution < 1.29 is 9.53 Å². The van der Waals surface area contributed by atoms with Crippen molar-refractivity contribution in [2.24, 2.45) is 4.99 Å². The summed E-state index contributed by atoms with van der Waals surface area (Å²) in [4.78, 5) is 35.9. The number of thiazole rings is 1. The Morgan fingerprint density at radius 2 is 2.00 bits per heavy atom. The molecule has 0 saturated carbocycles. The number of rotatable bonds is 5. The van der Waals surface area contributed by atoms with Crippen molar-refractivity contribution in [3.8, 4) is 11.1 Å². The van der Waals surface area contributed by atoms with Gasteiger partial charge in [-0.05, 0) is 77.2 Å². The predicted molar refractivity (Wildman–Crippen MR) is 134 cm³/mol. The lowest BCUT2D eigenvalue weighted by Crippen LogP contribution is -2.39. The van der Waals surface area contributed by atoms with Crippen molar-refractivity contribution in [2.45, 2.75) is 19.9 Å². The average molecular weight is 488 g/mol. The van der Waals surface area contributed by atoms with Crippen LogP contribution >= 0.6 is 22.7 Å². The second-order valence-corrected chi connectivity index (χ2v) is 9.51. The summed E-state index contributed by atoms with van der Waals surface area (Å²) in [5.41, 5.74) is 4.56. The van der Waals surface area contributed by atoms with E-state index in [-0.39, 0.29) is 12.2 Å². The third-order valence-corrected chi connectivity index (χ3v) is 7.24. The fourth-order valence-electron chi connectivity index (χ4n) is 4.04. The highest BCUT2D eigenvalue weighted by molar-refractivity contribution is 7.08. The SMILES string of the molecule is CCOC(=O)C1=C(C)N=c2s/c(=C\c3ccncc3)c(=O)n2C1c1cccc(-c2ccsc2)c1. The summed E-state index contributed by atoms with van der Waals surface area (Å²) in [7, 11) is 0. The topological polar surface area (TPSA) is 73.6 Å². The van der Waals surface area contributed by atoms with Gasteiger partial charge in [0, 0.05) is 12.4 Å². The van der Waals surface area contributed by atoms with Gasteiger partial charge in [-0.2, -0.15) is 11.3 Å². The molecule has 1 aliphatic rings. The highest BCUT2D eigenvalue weighted by atomic mass is 32.1. The molecule has 0 fully saturated rings. The number of allylic oxidation sites excluding steroid dienone is 1. The number of nitrogens with zero attached hydrogens (tertiary/aromatic N) is 3. The summed E-state index contributed by atoms with van der Waals surface area (Å²) in [5, 5.41) is 4.10. The molecule has 5 rings (SSSR count). The zero-order valence-corrected chi connectivity index (χ0v) is 20.2. The maximum absolute atomic E-state index is 13.6. The molecule has 0 N–H and O–H groups in total. The van der Waals surface area contributed by atoms with E-state index in [4.69, 9.17) is 4.74 Å². The molecule has 1 unspecified atom stereocenters. The van der Waals surface area contributed by atoms with E-state index in [1.807, 2.05) is 47.9 Å². The van der Waals surface area contributed by atoms with Crippen LogP contribution in [0, 0.1) is 0 Å². The van der Waals surface area contributed by atoms with Gasteiger partial charge in [-0.1, -0.05) is 29.5 Å². The van der Waals surface area contributed by atoms with Crippen LogP contribution in [0.3, 0.4) is 0 Å². The van der Waals surface area contributed by atoms with Crippen LogP contribution in [0.5, 0.6) is 0 Å². The molecular weight excluding hydrogens is 466 g/mol. The molecule has 6 nitrogen and oxygen atoms in total. The molecule has 0 radical (unpaired) electrons. The Morgan fingerprint density at radius 1 is 1.18 bits per heavy atom. The molecule has 1 atom stereocenters. The van der Waals surface area contributed by atoms with Crippen molar-refractivity contribution in [1.29, 1.82) is 0 Å². The maximum atomic E-state index is 13.6. The molecule has 0 aliphatic carbocycles. The first kappa shape index (κ1) is 22.2. The Morgan fingerprint density at radius 3 is 2.74 bits per heavy atom. The molecule has 34 heavy (non-hydrogen) atoms. The van der Waals surface area contributed by atoms with Crippen LogP contribution in [0.1, 0.15) is 31.0 Å². The number of carbonyl (C=O) groups excluding carboxylic acids is 1. The lowest BCUT2D eigenvalue weighted by molar-refractivity contribution is -0.139. The predicted octanol–water partition coefficient (Wildman–Crippen LogP) is 3.92. The number of benzene rings is 1. The van der Waals surface area contributed by atoms with Crippen LogP contribution in [0.4, 0.5) is 0 Å². The molecule has 1 aromatic carbocycles. The van der Waals surface area contributed by atoms with E-state index in [2.05, 4.69) is 21.4 Å². The number of hydrogen-bond acceptors (Lipinski definition) is 7. The van der Waals surface area contributed by atoms with Gasteiger partial charge in [0.25, 0.3) is 5.56 Å². The number of fused-ring (bicyclic) bond motifs is 1. The summed E-state index contributed by atoms with van der Waals surface area (Å²) >= 11 is 2.93. The van der Waals surface area contributed by atoms with Crippen LogP contribution < -0.4 is 14.9 Å². The normalized spacial score (nSPS) is 15.7. The van der Waals surface area contributed by atoms with Crippen molar-refractivity contribution in [1.82, 2.24) is 9.55 Å². The minimum Gasteiger partial charge on any atom is -0.463 e. The van der Waals surface area contributed by atoms with E-state index in [0.717, 1.165) is 22.3 Å². The molecule has 0 spiro atoms. The van der Waals surface area contributed by atoms with E-state index in [1.54, 1.807) is 42.1 Å². The molecule has 8 heteroatoms. The lowest BCUT2D eigenvalue weighted by atomic mass is 9.93. The molecule has 1 aliphatic heterocycles. The number of pyridine rings is 1. The summed E-state index contributed by atoms with van der Waals surface area (Å²) in [6.45, 7) is 3.80.